The van der Waals surface area contributed by atoms with Crippen LogP contribution in [0.4, 0.5) is 5.69 Å². The molecule has 0 fully saturated rings. The fraction of sp³-hybridized carbons (Fsp3) is 0.364. The van der Waals surface area contributed by atoms with Crippen molar-refractivity contribution in [1.82, 2.24) is 5.32 Å². The maximum atomic E-state index is 12.8. The number of aliphatic carboxylic acids is 1. The van der Waals surface area contributed by atoms with Crippen molar-refractivity contribution in [3.63, 3.8) is 0 Å². The monoisotopic (exact) mass is 368 g/mol. The van der Waals surface area contributed by atoms with Crippen LogP contribution in [-0.4, -0.2) is 24.0 Å². The highest BCUT2D eigenvalue weighted by atomic mass is 16.4. The fourth-order valence-corrected chi connectivity index (χ4v) is 2.84. The SMILES string of the molecule is CNc1cc(C(C)(C)C)ccc1C(=O)NC1=CC(CCC(=O)O)=CCC=C1. The van der Waals surface area contributed by atoms with Crippen LogP contribution in [-0.2, 0) is 10.2 Å². The van der Waals surface area contributed by atoms with E-state index >= 15 is 0 Å². The summed E-state index contributed by atoms with van der Waals surface area (Å²) in [6, 6.07) is 5.82. The molecule has 1 aliphatic carbocycles. The number of carboxylic acid groups (broad SMARTS) is 1. The van der Waals surface area contributed by atoms with Crippen molar-refractivity contribution in [3.8, 4) is 0 Å². The lowest BCUT2D eigenvalue weighted by atomic mass is 9.86. The molecule has 0 heterocycles. The molecule has 27 heavy (non-hydrogen) atoms. The number of carboxylic acids is 1. The van der Waals surface area contributed by atoms with Gasteiger partial charge in [0.1, 0.15) is 0 Å². The normalized spacial score (nSPS) is 14.1. The molecule has 5 nitrogen and oxygen atoms in total. The predicted octanol–water partition coefficient (Wildman–Crippen LogP) is 4.39. The van der Waals surface area contributed by atoms with Gasteiger partial charge in [-0.15, -0.1) is 0 Å². The summed E-state index contributed by atoms with van der Waals surface area (Å²) in [5, 5.41) is 14.9. The molecule has 0 bridgehead atoms. The van der Waals surface area contributed by atoms with Gasteiger partial charge >= 0.3 is 5.97 Å². The Kier molecular flexibility index (Phi) is 6.61. The topological polar surface area (TPSA) is 78.4 Å². The average molecular weight is 368 g/mol. The van der Waals surface area contributed by atoms with Crippen LogP contribution in [0.5, 0.6) is 0 Å². The summed E-state index contributed by atoms with van der Waals surface area (Å²) in [7, 11) is 1.80. The van der Waals surface area contributed by atoms with Crippen LogP contribution in [0.3, 0.4) is 0 Å². The van der Waals surface area contributed by atoms with E-state index in [2.05, 4.69) is 31.4 Å². The molecule has 5 heteroatoms. The van der Waals surface area contributed by atoms with Gasteiger partial charge in [0.15, 0.2) is 0 Å². The van der Waals surface area contributed by atoms with Gasteiger partial charge in [0, 0.05) is 24.9 Å². The Morgan fingerprint density at radius 1 is 1.22 bits per heavy atom. The summed E-state index contributed by atoms with van der Waals surface area (Å²) in [5.74, 6) is -1.03. The van der Waals surface area contributed by atoms with Gasteiger partial charge in [-0.3, -0.25) is 9.59 Å². The lowest BCUT2D eigenvalue weighted by Gasteiger charge is -2.21. The highest BCUT2D eigenvalue weighted by molar-refractivity contribution is 6.00. The Labute approximate surface area is 160 Å². The minimum Gasteiger partial charge on any atom is -0.481 e. The standard InChI is InChI=1S/C22H28N2O3/c1-22(2,3)16-10-11-18(19(14-16)23-4)21(27)24-17-8-6-5-7-15(13-17)9-12-20(25)26/h6-8,10-11,13-14,23H,5,9,12H2,1-4H3,(H,24,27)(H,25,26). The summed E-state index contributed by atoms with van der Waals surface area (Å²) < 4.78 is 0. The van der Waals surface area contributed by atoms with Crippen molar-refractivity contribution in [2.24, 2.45) is 0 Å². The van der Waals surface area contributed by atoms with Crippen molar-refractivity contribution in [3.05, 3.63) is 64.9 Å². The smallest absolute Gasteiger partial charge is 0.303 e. The third-order valence-electron chi connectivity index (χ3n) is 4.44. The number of rotatable bonds is 6. The van der Waals surface area contributed by atoms with E-state index in [4.69, 9.17) is 5.11 Å². The molecule has 0 spiro atoms. The minimum atomic E-state index is -0.829. The molecule has 1 amide bonds. The summed E-state index contributed by atoms with van der Waals surface area (Å²) in [5.41, 5.74) is 4.07. The number of hydrogen-bond donors (Lipinski definition) is 3. The molecular formula is C22H28N2O3. The van der Waals surface area contributed by atoms with Crippen LogP contribution >= 0.6 is 0 Å². The van der Waals surface area contributed by atoms with Crippen LogP contribution in [0.1, 0.15) is 56.0 Å². The number of allylic oxidation sites excluding steroid dienone is 5. The van der Waals surface area contributed by atoms with E-state index in [9.17, 15) is 9.59 Å². The minimum absolute atomic E-state index is 0.00298. The summed E-state index contributed by atoms with van der Waals surface area (Å²) in [4.78, 5) is 23.6. The number of anilines is 1. The quantitative estimate of drug-likeness (QED) is 0.696. The van der Waals surface area contributed by atoms with Gasteiger partial charge in [-0.2, -0.15) is 0 Å². The molecule has 1 aliphatic rings. The summed E-state index contributed by atoms with van der Waals surface area (Å²) >= 11 is 0. The predicted molar refractivity (Wildman–Crippen MR) is 109 cm³/mol. The Morgan fingerprint density at radius 3 is 2.59 bits per heavy atom. The molecule has 0 unspecified atom stereocenters. The van der Waals surface area contributed by atoms with Crippen molar-refractivity contribution in [1.29, 1.82) is 0 Å². The van der Waals surface area contributed by atoms with Crippen molar-refractivity contribution in [2.75, 3.05) is 12.4 Å². The van der Waals surface area contributed by atoms with Crippen LogP contribution in [0.15, 0.2) is 53.8 Å². The van der Waals surface area contributed by atoms with Crippen LogP contribution in [0.2, 0.25) is 0 Å². The molecule has 0 radical (unpaired) electrons. The fourth-order valence-electron chi connectivity index (χ4n) is 2.84. The molecule has 0 atom stereocenters. The van der Waals surface area contributed by atoms with Crippen LogP contribution in [0.25, 0.3) is 0 Å². The molecule has 0 saturated heterocycles. The van der Waals surface area contributed by atoms with Crippen molar-refractivity contribution in [2.45, 2.75) is 45.4 Å². The summed E-state index contributed by atoms with van der Waals surface area (Å²) in [6.45, 7) is 6.40. The van der Waals surface area contributed by atoms with Gasteiger partial charge in [-0.1, -0.05) is 39.0 Å². The first-order valence-electron chi connectivity index (χ1n) is 9.13. The molecule has 1 aromatic carbocycles. The second-order valence-corrected chi connectivity index (χ2v) is 7.63. The number of carbonyl (C=O) groups excluding carboxylic acids is 1. The third-order valence-corrected chi connectivity index (χ3v) is 4.44. The Bertz CT molecular complexity index is 811. The van der Waals surface area contributed by atoms with E-state index in [1.165, 1.54) is 0 Å². The number of hydrogen-bond acceptors (Lipinski definition) is 3. The lowest BCUT2D eigenvalue weighted by Crippen LogP contribution is -2.23. The second-order valence-electron chi connectivity index (χ2n) is 7.63. The second kappa shape index (κ2) is 8.71. The van der Waals surface area contributed by atoms with Gasteiger partial charge in [-0.05, 0) is 53.7 Å². The number of nitrogens with one attached hydrogen (secondary N) is 2. The first kappa shape index (κ1) is 20.5. The number of carbonyl (C=O) groups is 2. The number of amides is 1. The first-order chi connectivity index (χ1) is 12.7. The molecule has 2 rings (SSSR count). The molecule has 144 valence electrons. The molecule has 0 aromatic heterocycles. The van der Waals surface area contributed by atoms with E-state index in [1.54, 1.807) is 7.05 Å². The van der Waals surface area contributed by atoms with E-state index in [0.717, 1.165) is 16.8 Å². The lowest BCUT2D eigenvalue weighted by molar-refractivity contribution is -0.136. The Hall–Kier alpha value is -2.82. The van der Waals surface area contributed by atoms with Crippen molar-refractivity contribution < 1.29 is 14.7 Å². The zero-order valence-corrected chi connectivity index (χ0v) is 16.4. The zero-order valence-electron chi connectivity index (χ0n) is 16.4. The molecule has 0 aliphatic heterocycles. The van der Waals surface area contributed by atoms with Gasteiger partial charge < -0.3 is 15.7 Å². The molecule has 3 N–H and O–H groups in total. The number of benzene rings is 1. The van der Waals surface area contributed by atoms with E-state index in [-0.39, 0.29) is 17.7 Å². The van der Waals surface area contributed by atoms with E-state index < -0.39 is 5.97 Å². The largest absolute Gasteiger partial charge is 0.481 e. The van der Waals surface area contributed by atoms with Crippen molar-refractivity contribution >= 4 is 17.6 Å². The maximum absolute atomic E-state index is 12.8. The highest BCUT2D eigenvalue weighted by Gasteiger charge is 2.18. The molecule has 0 saturated carbocycles. The third kappa shape index (κ3) is 5.84. The maximum Gasteiger partial charge on any atom is 0.303 e. The van der Waals surface area contributed by atoms with Crippen LogP contribution < -0.4 is 10.6 Å². The van der Waals surface area contributed by atoms with Gasteiger partial charge in [0.05, 0.1) is 5.56 Å². The molecular weight excluding hydrogens is 340 g/mol. The highest BCUT2D eigenvalue weighted by Crippen LogP contribution is 2.27. The van der Waals surface area contributed by atoms with Gasteiger partial charge in [0.25, 0.3) is 5.91 Å². The van der Waals surface area contributed by atoms with Gasteiger partial charge in [-0.25, -0.2) is 0 Å². The molecule has 1 aromatic rings. The average Bonchev–Trinajstić information content (AvgIpc) is 2.83. The Morgan fingerprint density at radius 2 is 1.96 bits per heavy atom. The van der Waals surface area contributed by atoms with E-state index in [0.29, 0.717) is 24.1 Å². The zero-order chi connectivity index (χ0) is 20.0. The van der Waals surface area contributed by atoms with Gasteiger partial charge in [0.2, 0.25) is 0 Å². The van der Waals surface area contributed by atoms with E-state index in [1.807, 2.05) is 42.5 Å². The first-order valence-corrected chi connectivity index (χ1v) is 9.13. The van der Waals surface area contributed by atoms with Crippen LogP contribution in [0, 0.1) is 0 Å². The Balaban J connectivity index is 2.20. The summed E-state index contributed by atoms with van der Waals surface area (Å²) in [6.07, 6.45) is 8.85.